The highest BCUT2D eigenvalue weighted by atomic mass is 35.5. The van der Waals surface area contributed by atoms with Crippen LogP contribution in [0.1, 0.15) is 12.0 Å². The van der Waals surface area contributed by atoms with Crippen molar-refractivity contribution in [1.82, 2.24) is 29.7 Å². The van der Waals surface area contributed by atoms with Gasteiger partial charge in [0.1, 0.15) is 30.1 Å². The zero-order chi connectivity index (χ0) is 27.3. The van der Waals surface area contributed by atoms with Crippen LogP contribution in [0.4, 0.5) is 5.82 Å². The number of hydrogen-bond acceptors (Lipinski definition) is 11. The van der Waals surface area contributed by atoms with E-state index in [2.05, 4.69) is 20.3 Å². The van der Waals surface area contributed by atoms with Gasteiger partial charge in [-0.1, -0.05) is 23.7 Å². The first-order valence-corrected chi connectivity index (χ1v) is 12.7. The maximum Gasteiger partial charge on any atom is 0.320 e. The second-order valence-corrected chi connectivity index (χ2v) is 9.82. The Hall–Kier alpha value is -2.91. The van der Waals surface area contributed by atoms with Crippen LogP contribution in [0.25, 0.3) is 11.2 Å². The van der Waals surface area contributed by atoms with Crippen molar-refractivity contribution in [3.63, 3.8) is 0 Å². The van der Waals surface area contributed by atoms with Crippen LogP contribution in [-0.2, 0) is 21.7 Å². The first kappa shape index (κ1) is 28.1. The Balaban J connectivity index is 1.37. The van der Waals surface area contributed by atoms with Crippen molar-refractivity contribution >= 4 is 34.6 Å². The Morgan fingerprint density at radius 2 is 2.03 bits per heavy atom. The minimum absolute atomic E-state index is 0.159. The van der Waals surface area contributed by atoms with Crippen LogP contribution in [0.5, 0.6) is 0 Å². The molecule has 4 unspecified atom stereocenters. The van der Waals surface area contributed by atoms with E-state index < -0.39 is 29.9 Å². The predicted molar refractivity (Wildman–Crippen MR) is 140 cm³/mol. The predicted octanol–water partition coefficient (Wildman–Crippen LogP) is -0.597. The number of anilines is 1. The average Bonchev–Trinajstić information content (AvgIpc) is 3.46. The van der Waals surface area contributed by atoms with Gasteiger partial charge in [0, 0.05) is 31.2 Å². The molecule has 2 aromatic heterocycles. The van der Waals surface area contributed by atoms with E-state index in [9.17, 15) is 20.1 Å². The lowest BCUT2D eigenvalue weighted by molar-refractivity contribution is -0.138. The molecular weight excluding hydrogens is 516 g/mol. The average molecular weight is 549 g/mol. The molecule has 1 saturated heterocycles. The summed E-state index contributed by atoms with van der Waals surface area (Å²) in [6, 6.07) is 6.66. The van der Waals surface area contributed by atoms with Gasteiger partial charge in [0.2, 0.25) is 0 Å². The fourth-order valence-corrected chi connectivity index (χ4v) is 4.57. The van der Waals surface area contributed by atoms with Crippen LogP contribution in [0.15, 0.2) is 36.9 Å². The number of hydrogen-bond donors (Lipinski definition) is 6. The van der Waals surface area contributed by atoms with Crippen molar-refractivity contribution in [2.45, 2.75) is 36.8 Å². The molecule has 8 N–H and O–H groups in total. The Bertz CT molecular complexity index is 1230. The van der Waals surface area contributed by atoms with Gasteiger partial charge in [-0.15, -0.1) is 0 Å². The highest BCUT2D eigenvalue weighted by Crippen LogP contribution is 2.33. The number of nitrogen functional groups attached to an aromatic ring is 1. The zero-order valence-corrected chi connectivity index (χ0v) is 21.5. The first-order chi connectivity index (χ1) is 18.2. The molecule has 0 saturated carbocycles. The van der Waals surface area contributed by atoms with E-state index in [0.717, 1.165) is 18.5 Å². The lowest BCUT2D eigenvalue weighted by atomic mass is 10.0. The molecule has 1 aliphatic rings. The van der Waals surface area contributed by atoms with Crippen molar-refractivity contribution in [2.75, 3.05) is 45.1 Å². The van der Waals surface area contributed by atoms with E-state index in [-0.39, 0.29) is 31.0 Å². The number of nitrogens with two attached hydrogens (primary N) is 2. The summed E-state index contributed by atoms with van der Waals surface area (Å²) >= 11 is 5.93. The largest absolute Gasteiger partial charge is 0.480 e. The van der Waals surface area contributed by atoms with Gasteiger partial charge in [-0.05, 0) is 37.1 Å². The second kappa shape index (κ2) is 12.3. The molecular formula is C24H33ClN8O5. The minimum Gasteiger partial charge on any atom is -0.480 e. The Labute approximate surface area is 224 Å². The number of fused-ring (bicyclic) bond motifs is 1. The molecule has 0 aliphatic carbocycles. The van der Waals surface area contributed by atoms with Crippen LogP contribution in [0, 0.1) is 0 Å². The van der Waals surface area contributed by atoms with Crippen molar-refractivity contribution < 1.29 is 24.9 Å². The lowest BCUT2D eigenvalue weighted by Crippen LogP contribution is -2.49. The van der Waals surface area contributed by atoms with Gasteiger partial charge < -0.3 is 36.8 Å². The number of nitrogens with one attached hydrogen (secondary N) is 1. The number of aliphatic hydroxyl groups is 2. The van der Waals surface area contributed by atoms with Crippen molar-refractivity contribution in [3.8, 4) is 0 Å². The molecule has 4 rings (SSSR count). The summed E-state index contributed by atoms with van der Waals surface area (Å²) in [5, 5.41) is 35.7. The van der Waals surface area contributed by atoms with Gasteiger partial charge in [-0.2, -0.15) is 0 Å². The second-order valence-electron chi connectivity index (χ2n) is 9.38. The number of rotatable bonds is 13. The van der Waals surface area contributed by atoms with Gasteiger partial charge in [0.25, 0.3) is 0 Å². The number of carbonyl (C=O) groups is 1. The molecule has 14 heteroatoms. The number of aromatic nitrogens is 4. The summed E-state index contributed by atoms with van der Waals surface area (Å²) in [6.45, 7) is 2.33. The van der Waals surface area contributed by atoms with Crippen LogP contribution in [-0.4, -0.2) is 103 Å². The van der Waals surface area contributed by atoms with Crippen LogP contribution >= 0.6 is 11.6 Å². The van der Waals surface area contributed by atoms with Gasteiger partial charge in [-0.3, -0.25) is 14.3 Å². The molecule has 0 bridgehead atoms. The highest BCUT2D eigenvalue weighted by Gasteiger charge is 2.50. The monoisotopic (exact) mass is 548 g/mol. The Kier molecular flexibility index (Phi) is 9.10. The minimum atomic E-state index is -1.82. The summed E-state index contributed by atoms with van der Waals surface area (Å²) in [4.78, 5) is 25.4. The standard InChI is InChI=1S/C24H33ClN8O5/c25-16-3-1-15(2-4-16)5-7-28-8-10-32(9-6-17(26)23(35)36)11-18-20(34)24(37,12-38-18)33-14-31-19-21(27)29-13-30-22(19)33/h1-4,13-14,17-18,20,28,34,37H,5-12,26H2,(H,35,36)(H2,27,29,30). The summed E-state index contributed by atoms with van der Waals surface area (Å²) in [6.07, 6.45) is 1.57. The van der Waals surface area contributed by atoms with Crippen molar-refractivity contribution in [1.29, 1.82) is 0 Å². The maximum absolute atomic E-state index is 11.4. The normalized spacial score (nSPS) is 22.3. The van der Waals surface area contributed by atoms with E-state index in [1.807, 2.05) is 29.2 Å². The quantitative estimate of drug-likeness (QED) is 0.148. The lowest BCUT2D eigenvalue weighted by Gasteiger charge is -2.30. The number of imidazole rings is 1. The number of aliphatic carboxylic acids is 1. The number of ether oxygens (including phenoxy) is 1. The van der Waals surface area contributed by atoms with Crippen LogP contribution in [0.3, 0.4) is 0 Å². The smallest absolute Gasteiger partial charge is 0.320 e. The molecule has 4 atom stereocenters. The summed E-state index contributed by atoms with van der Waals surface area (Å²) < 4.78 is 7.16. The van der Waals surface area contributed by atoms with Crippen LogP contribution in [0.2, 0.25) is 5.02 Å². The van der Waals surface area contributed by atoms with E-state index in [1.54, 1.807) is 0 Å². The Morgan fingerprint density at radius 1 is 1.26 bits per heavy atom. The summed E-state index contributed by atoms with van der Waals surface area (Å²) in [7, 11) is 0. The molecule has 38 heavy (non-hydrogen) atoms. The molecule has 0 spiro atoms. The van der Waals surface area contributed by atoms with Gasteiger partial charge >= 0.3 is 5.97 Å². The summed E-state index contributed by atoms with van der Waals surface area (Å²) in [5.74, 6) is -0.919. The molecule has 0 radical (unpaired) electrons. The number of aliphatic hydroxyl groups excluding tert-OH is 1. The molecule has 206 valence electrons. The summed E-state index contributed by atoms with van der Waals surface area (Å²) in [5.41, 5.74) is 11.5. The number of carboxylic acid groups (broad SMARTS) is 1. The zero-order valence-electron chi connectivity index (χ0n) is 20.8. The van der Waals surface area contributed by atoms with Crippen molar-refractivity contribution in [2.24, 2.45) is 5.73 Å². The van der Waals surface area contributed by atoms with Gasteiger partial charge in [-0.25, -0.2) is 15.0 Å². The molecule has 1 aromatic carbocycles. The first-order valence-electron chi connectivity index (χ1n) is 12.3. The third-order valence-electron chi connectivity index (χ3n) is 6.73. The third-order valence-corrected chi connectivity index (χ3v) is 6.99. The number of nitrogens with zero attached hydrogens (tertiary/aromatic N) is 5. The van der Waals surface area contributed by atoms with Crippen LogP contribution < -0.4 is 16.8 Å². The number of carboxylic acids is 1. The maximum atomic E-state index is 11.4. The topological polar surface area (TPSA) is 198 Å². The molecule has 3 heterocycles. The number of benzene rings is 1. The molecule has 0 amide bonds. The molecule has 1 aliphatic heterocycles. The van der Waals surface area contributed by atoms with Crippen molar-refractivity contribution in [3.05, 3.63) is 47.5 Å². The van der Waals surface area contributed by atoms with E-state index in [4.69, 9.17) is 27.8 Å². The Morgan fingerprint density at radius 3 is 2.76 bits per heavy atom. The van der Waals surface area contributed by atoms with Gasteiger partial charge in [0.15, 0.2) is 17.2 Å². The molecule has 13 nitrogen and oxygen atoms in total. The third kappa shape index (κ3) is 6.38. The van der Waals surface area contributed by atoms with Gasteiger partial charge in [0.05, 0.1) is 12.9 Å². The highest BCUT2D eigenvalue weighted by molar-refractivity contribution is 6.30. The van der Waals surface area contributed by atoms with E-state index in [1.165, 1.54) is 17.2 Å². The number of halogens is 1. The fourth-order valence-electron chi connectivity index (χ4n) is 4.44. The molecule has 1 fully saturated rings. The van der Waals surface area contributed by atoms with E-state index in [0.29, 0.717) is 30.2 Å². The SMILES string of the molecule is Nc1ncnc2c1ncn2C1(O)COC(CN(CCNCCc2ccc(Cl)cc2)CCC(N)C(=O)O)C1O. The molecule has 3 aromatic rings. The van der Waals surface area contributed by atoms with E-state index >= 15 is 0 Å². The fraction of sp³-hybridized carbons (Fsp3) is 0.500.